The molecule has 1 aliphatic heterocycles. The number of hydrogen-bond acceptors (Lipinski definition) is 8. The van der Waals surface area contributed by atoms with Crippen molar-refractivity contribution in [2.75, 3.05) is 13.2 Å². The lowest BCUT2D eigenvalue weighted by molar-refractivity contribution is -0.302. The Morgan fingerprint density at radius 2 is 0.779 bits per heavy atom. The summed E-state index contributed by atoms with van der Waals surface area (Å²) in [5, 5.41) is 54.7. The van der Waals surface area contributed by atoms with Gasteiger partial charge in [0.2, 0.25) is 5.91 Å². The van der Waals surface area contributed by atoms with E-state index in [1.54, 1.807) is 6.08 Å². The molecule has 0 spiro atoms. The molecule has 0 aliphatic carbocycles. The maximum absolute atomic E-state index is 13.1. The zero-order chi connectivity index (χ0) is 55.8. The van der Waals surface area contributed by atoms with Crippen LogP contribution in [0.25, 0.3) is 0 Å². The first-order valence-electron chi connectivity index (χ1n) is 33.0. The molecular formula is C68H125NO8. The normalized spacial score (nSPS) is 19.1. The van der Waals surface area contributed by atoms with Crippen LogP contribution in [0.1, 0.15) is 309 Å². The highest BCUT2D eigenvalue weighted by Crippen LogP contribution is 2.23. The van der Waals surface area contributed by atoms with Crippen molar-refractivity contribution in [1.82, 2.24) is 5.32 Å². The molecule has 9 nitrogen and oxygen atoms in total. The van der Waals surface area contributed by atoms with Crippen molar-refractivity contribution >= 4 is 5.91 Å². The minimum absolute atomic E-state index is 0.189. The van der Waals surface area contributed by atoms with Gasteiger partial charge in [-0.05, 0) is 70.6 Å². The van der Waals surface area contributed by atoms with E-state index in [0.717, 1.165) is 51.4 Å². The smallest absolute Gasteiger partial charge is 0.220 e. The average Bonchev–Trinajstić information content (AvgIpc) is 3.43. The Labute approximate surface area is 475 Å². The minimum atomic E-state index is -1.58. The Hall–Kier alpha value is -2.11. The third kappa shape index (κ3) is 46.2. The number of hydrogen-bond donors (Lipinski definition) is 6. The molecule has 450 valence electrons. The third-order valence-electron chi connectivity index (χ3n) is 15.6. The van der Waals surface area contributed by atoms with Crippen molar-refractivity contribution in [1.29, 1.82) is 0 Å². The fourth-order valence-electron chi connectivity index (χ4n) is 10.4. The van der Waals surface area contributed by atoms with Crippen LogP contribution in [0.5, 0.6) is 0 Å². The van der Waals surface area contributed by atoms with Gasteiger partial charge in [0.05, 0.1) is 25.4 Å². The Morgan fingerprint density at radius 3 is 1.18 bits per heavy atom. The fourth-order valence-corrected chi connectivity index (χ4v) is 10.4. The van der Waals surface area contributed by atoms with Gasteiger partial charge in [0, 0.05) is 6.42 Å². The molecule has 1 rings (SSSR count). The van der Waals surface area contributed by atoms with Crippen LogP contribution in [0.15, 0.2) is 60.8 Å². The number of carbonyl (C=O) groups is 1. The van der Waals surface area contributed by atoms with E-state index in [4.69, 9.17) is 9.47 Å². The molecule has 1 amide bonds. The number of carbonyl (C=O) groups excluding carboxylic acids is 1. The van der Waals surface area contributed by atoms with Crippen LogP contribution in [0, 0.1) is 0 Å². The lowest BCUT2D eigenvalue weighted by Crippen LogP contribution is -2.60. The molecule has 6 N–H and O–H groups in total. The Kier molecular flexibility index (Phi) is 54.1. The van der Waals surface area contributed by atoms with Gasteiger partial charge < -0.3 is 40.3 Å². The molecule has 77 heavy (non-hydrogen) atoms. The topological polar surface area (TPSA) is 149 Å². The number of rotatable bonds is 57. The summed E-state index contributed by atoms with van der Waals surface area (Å²) in [7, 11) is 0. The quantitative estimate of drug-likeness (QED) is 0.0261. The fraction of sp³-hybridized carbons (Fsp3) is 0.838. The number of nitrogens with one attached hydrogen (secondary N) is 1. The van der Waals surface area contributed by atoms with Crippen LogP contribution in [0.2, 0.25) is 0 Å². The van der Waals surface area contributed by atoms with Crippen LogP contribution < -0.4 is 5.32 Å². The van der Waals surface area contributed by atoms with Crippen LogP contribution in [-0.2, 0) is 14.3 Å². The Bertz CT molecular complexity index is 1400. The van der Waals surface area contributed by atoms with Gasteiger partial charge in [-0.25, -0.2) is 0 Å². The molecule has 0 aromatic carbocycles. The van der Waals surface area contributed by atoms with E-state index in [1.165, 1.54) is 238 Å². The number of allylic oxidation sites excluding steroid dienone is 9. The van der Waals surface area contributed by atoms with Crippen LogP contribution in [0.3, 0.4) is 0 Å². The Balaban J connectivity index is 2.19. The van der Waals surface area contributed by atoms with Crippen molar-refractivity contribution in [2.45, 2.75) is 352 Å². The maximum atomic E-state index is 13.1. The third-order valence-corrected chi connectivity index (χ3v) is 15.6. The van der Waals surface area contributed by atoms with Gasteiger partial charge in [-0.15, -0.1) is 0 Å². The van der Waals surface area contributed by atoms with Crippen LogP contribution in [-0.4, -0.2) is 87.5 Å². The van der Waals surface area contributed by atoms with E-state index in [2.05, 4.69) is 67.8 Å². The summed E-state index contributed by atoms with van der Waals surface area (Å²) in [6.07, 6.45) is 71.7. The number of aliphatic hydroxyl groups excluding tert-OH is 5. The van der Waals surface area contributed by atoms with Gasteiger partial charge in [-0.3, -0.25) is 4.79 Å². The van der Waals surface area contributed by atoms with Crippen molar-refractivity contribution in [3.63, 3.8) is 0 Å². The summed E-state index contributed by atoms with van der Waals surface area (Å²) < 4.78 is 11.3. The summed E-state index contributed by atoms with van der Waals surface area (Å²) in [6.45, 7) is 3.78. The first-order chi connectivity index (χ1) is 37.8. The predicted octanol–water partition coefficient (Wildman–Crippen LogP) is 17.4. The standard InChI is InChI=1S/C68H125NO8/c1-3-5-7-9-11-13-15-17-19-21-23-25-27-29-30-31-32-34-35-37-39-41-43-45-47-49-51-53-55-57-62(71)61(60-76-68-67(75)66(74)65(73)63(59-70)77-68)69-64(72)58-56-54-52-50-48-46-44-42-40-38-36-33-28-26-24-22-20-18-16-14-12-10-8-6-4-2/h16,18,22,24,28,33,47,49,55,57,61-63,65-68,70-71,73-75H,3-15,17,19-21,23,25-27,29-32,34-46,48,50-54,56,58-60H2,1-2H3,(H,69,72)/b18-16-,24-22-,33-28-,49-47+,57-55+. The molecule has 0 aromatic heterocycles. The Morgan fingerprint density at radius 1 is 0.442 bits per heavy atom. The number of ether oxygens (including phenoxy) is 2. The number of amides is 1. The molecule has 7 atom stereocenters. The lowest BCUT2D eigenvalue weighted by Gasteiger charge is -2.40. The summed E-state index contributed by atoms with van der Waals surface area (Å²) in [4.78, 5) is 13.1. The van der Waals surface area contributed by atoms with E-state index in [0.29, 0.717) is 6.42 Å². The second-order valence-corrected chi connectivity index (χ2v) is 22.9. The lowest BCUT2D eigenvalue weighted by atomic mass is 9.99. The molecule has 7 unspecified atom stereocenters. The van der Waals surface area contributed by atoms with Crippen LogP contribution in [0.4, 0.5) is 0 Å². The minimum Gasteiger partial charge on any atom is -0.394 e. The van der Waals surface area contributed by atoms with Gasteiger partial charge in [0.25, 0.3) is 0 Å². The maximum Gasteiger partial charge on any atom is 0.220 e. The largest absolute Gasteiger partial charge is 0.394 e. The van der Waals surface area contributed by atoms with E-state index in [9.17, 15) is 30.3 Å². The number of aliphatic hydroxyl groups is 5. The average molecular weight is 1080 g/mol. The highest BCUT2D eigenvalue weighted by atomic mass is 16.7. The van der Waals surface area contributed by atoms with E-state index in [1.807, 2.05) is 6.08 Å². The first kappa shape index (κ1) is 72.9. The van der Waals surface area contributed by atoms with Gasteiger partial charge in [-0.2, -0.15) is 0 Å². The molecule has 1 heterocycles. The van der Waals surface area contributed by atoms with Gasteiger partial charge in [0.1, 0.15) is 24.4 Å². The molecule has 0 saturated carbocycles. The highest BCUT2D eigenvalue weighted by Gasteiger charge is 2.44. The van der Waals surface area contributed by atoms with Crippen molar-refractivity contribution < 1.29 is 39.8 Å². The zero-order valence-electron chi connectivity index (χ0n) is 50.2. The summed E-state index contributed by atoms with van der Waals surface area (Å²) in [6, 6.07) is -0.828. The molecule has 0 bridgehead atoms. The zero-order valence-corrected chi connectivity index (χ0v) is 50.2. The second-order valence-electron chi connectivity index (χ2n) is 22.9. The van der Waals surface area contributed by atoms with Gasteiger partial charge in [-0.1, -0.05) is 293 Å². The molecule has 9 heteroatoms. The highest BCUT2D eigenvalue weighted by molar-refractivity contribution is 5.76. The molecule has 1 saturated heterocycles. The second kappa shape index (κ2) is 57.1. The molecule has 0 radical (unpaired) electrons. The predicted molar refractivity (Wildman–Crippen MR) is 327 cm³/mol. The molecule has 1 aliphatic rings. The SMILES string of the molecule is CCCCCCC/C=C\C/C=C\C/C=C\CCCCCCCCCCCCC(=O)NC(COC1OC(CO)C(O)C(O)C1O)C(O)/C=C/CC/C=C/CCCCCCCCCCCCCCCCCCCCCCCCC. The number of unbranched alkanes of at least 4 members (excludes halogenated alkanes) is 39. The van der Waals surface area contributed by atoms with Gasteiger partial charge in [0.15, 0.2) is 6.29 Å². The molecule has 0 aromatic rings. The molecular weight excluding hydrogens is 959 g/mol. The van der Waals surface area contributed by atoms with Crippen molar-refractivity contribution in [3.05, 3.63) is 60.8 Å². The summed E-state index contributed by atoms with van der Waals surface area (Å²) in [5.41, 5.74) is 0. The monoisotopic (exact) mass is 1080 g/mol. The van der Waals surface area contributed by atoms with E-state index < -0.39 is 49.5 Å². The molecule has 1 fully saturated rings. The van der Waals surface area contributed by atoms with Crippen LogP contribution >= 0.6 is 0 Å². The van der Waals surface area contributed by atoms with Crippen molar-refractivity contribution in [2.24, 2.45) is 0 Å². The first-order valence-corrected chi connectivity index (χ1v) is 33.0. The van der Waals surface area contributed by atoms with Crippen molar-refractivity contribution in [3.8, 4) is 0 Å². The summed E-state index contributed by atoms with van der Waals surface area (Å²) in [5.74, 6) is -0.189. The van der Waals surface area contributed by atoms with E-state index >= 15 is 0 Å². The van der Waals surface area contributed by atoms with E-state index in [-0.39, 0.29) is 12.5 Å². The van der Waals surface area contributed by atoms with Gasteiger partial charge >= 0.3 is 0 Å². The summed E-state index contributed by atoms with van der Waals surface area (Å²) >= 11 is 0.